The molecule has 27 heavy (non-hydrogen) atoms. The molecular weight excluding hydrogens is 342 g/mol. The van der Waals surface area contributed by atoms with Crippen LogP contribution in [0.4, 0.5) is 0 Å². The van der Waals surface area contributed by atoms with Crippen molar-refractivity contribution in [1.82, 2.24) is 0 Å². The van der Waals surface area contributed by atoms with E-state index in [-0.39, 0.29) is 18.0 Å². The van der Waals surface area contributed by atoms with Crippen LogP contribution in [0.3, 0.4) is 0 Å². The Morgan fingerprint density at radius 3 is 2.48 bits per heavy atom. The van der Waals surface area contributed by atoms with Gasteiger partial charge in [-0.3, -0.25) is 0 Å². The maximum atomic E-state index is 12.3. The number of morpholine rings is 1. The fraction of sp³-hybridized carbons (Fsp3) is 0.318. The Bertz CT molecular complexity index is 1000. The molecule has 2 heterocycles. The van der Waals surface area contributed by atoms with Crippen molar-refractivity contribution < 1.29 is 19.2 Å². The van der Waals surface area contributed by atoms with Crippen LogP contribution in [-0.4, -0.2) is 30.4 Å². The predicted molar refractivity (Wildman–Crippen MR) is 104 cm³/mol. The first kappa shape index (κ1) is 17.8. The molecule has 1 saturated heterocycles. The minimum atomic E-state index is -0.410. The highest BCUT2D eigenvalue weighted by Crippen LogP contribution is 2.32. The molecule has 1 aliphatic heterocycles. The van der Waals surface area contributed by atoms with Gasteiger partial charge in [0.1, 0.15) is 37.6 Å². The highest BCUT2D eigenvalue weighted by molar-refractivity contribution is 5.95. The molecular formula is C22H24NO4+. The third-order valence-electron chi connectivity index (χ3n) is 5.12. The number of ether oxygens (including phenoxy) is 1. The molecule has 2 aromatic carbocycles. The minimum Gasteiger partial charge on any atom is -0.507 e. The van der Waals surface area contributed by atoms with Crippen LogP contribution < -0.4 is 10.5 Å². The van der Waals surface area contributed by atoms with E-state index in [0.29, 0.717) is 17.7 Å². The summed E-state index contributed by atoms with van der Waals surface area (Å²) in [5.41, 5.74) is 2.51. The predicted octanol–water partition coefficient (Wildman–Crippen LogP) is 2.36. The zero-order valence-electron chi connectivity index (χ0n) is 15.6. The van der Waals surface area contributed by atoms with E-state index in [1.807, 2.05) is 36.4 Å². The zero-order valence-corrected chi connectivity index (χ0v) is 15.6. The first-order valence-corrected chi connectivity index (χ1v) is 9.34. The summed E-state index contributed by atoms with van der Waals surface area (Å²) in [5.74, 6) is 0.162. The molecule has 0 amide bonds. The second-order valence-corrected chi connectivity index (χ2v) is 7.38. The molecule has 0 spiro atoms. The number of aromatic hydroxyl groups is 1. The molecule has 3 atom stereocenters. The molecule has 2 N–H and O–H groups in total. The molecule has 0 saturated carbocycles. The summed E-state index contributed by atoms with van der Waals surface area (Å²) in [5, 5.41) is 11.4. The second kappa shape index (κ2) is 7.18. The normalized spacial score (nSPS) is 22.8. The smallest absolute Gasteiger partial charge is 0.336 e. The van der Waals surface area contributed by atoms with Crippen molar-refractivity contribution in [2.24, 2.45) is 0 Å². The Hall–Kier alpha value is -2.63. The molecule has 1 fully saturated rings. The van der Waals surface area contributed by atoms with Gasteiger partial charge in [0.2, 0.25) is 0 Å². The Kier molecular flexibility index (Phi) is 4.72. The van der Waals surface area contributed by atoms with Crippen LogP contribution in [-0.2, 0) is 11.3 Å². The SMILES string of the molecule is C[C@@H]1C[NH+](Cc2c(O)ccc3c(-c4ccccc4)cc(=O)oc23)C[C@H](C)O1. The number of nitrogens with one attached hydrogen (secondary N) is 1. The number of phenols is 1. The lowest BCUT2D eigenvalue weighted by Gasteiger charge is -2.32. The highest BCUT2D eigenvalue weighted by Gasteiger charge is 2.27. The van der Waals surface area contributed by atoms with E-state index in [2.05, 4.69) is 13.8 Å². The van der Waals surface area contributed by atoms with E-state index in [1.165, 1.54) is 11.0 Å². The summed E-state index contributed by atoms with van der Waals surface area (Å²) in [4.78, 5) is 13.6. The molecule has 1 unspecified atom stereocenters. The zero-order chi connectivity index (χ0) is 19.0. The molecule has 0 radical (unpaired) electrons. The molecule has 4 rings (SSSR count). The summed E-state index contributed by atoms with van der Waals surface area (Å²) in [7, 11) is 0. The Labute approximate surface area is 157 Å². The first-order valence-electron chi connectivity index (χ1n) is 9.34. The van der Waals surface area contributed by atoms with E-state index in [0.717, 1.165) is 29.6 Å². The molecule has 0 bridgehead atoms. The van der Waals surface area contributed by atoms with Gasteiger partial charge in [0.15, 0.2) is 5.58 Å². The van der Waals surface area contributed by atoms with E-state index in [4.69, 9.17) is 9.15 Å². The summed E-state index contributed by atoms with van der Waals surface area (Å²) >= 11 is 0. The summed E-state index contributed by atoms with van der Waals surface area (Å²) in [6, 6.07) is 14.8. The number of phenolic OH excluding ortho intramolecular Hbond substituents is 1. The molecule has 3 aromatic rings. The summed E-state index contributed by atoms with van der Waals surface area (Å²) in [6.45, 7) is 6.41. The molecule has 5 nitrogen and oxygen atoms in total. The van der Waals surface area contributed by atoms with Gasteiger partial charge < -0.3 is 19.2 Å². The van der Waals surface area contributed by atoms with Gasteiger partial charge >= 0.3 is 5.63 Å². The van der Waals surface area contributed by atoms with Crippen LogP contribution in [0.2, 0.25) is 0 Å². The van der Waals surface area contributed by atoms with Crippen LogP contribution in [0.1, 0.15) is 19.4 Å². The second-order valence-electron chi connectivity index (χ2n) is 7.38. The number of quaternary nitrogens is 1. The number of benzene rings is 2. The molecule has 5 heteroatoms. The first-order chi connectivity index (χ1) is 13.0. The van der Waals surface area contributed by atoms with Crippen LogP contribution in [0.15, 0.2) is 57.7 Å². The number of fused-ring (bicyclic) bond motifs is 1. The average Bonchev–Trinajstić information content (AvgIpc) is 2.63. The Balaban J connectivity index is 1.83. The lowest BCUT2D eigenvalue weighted by molar-refractivity contribution is -0.928. The van der Waals surface area contributed by atoms with Crippen LogP contribution >= 0.6 is 0 Å². The quantitative estimate of drug-likeness (QED) is 0.699. The minimum absolute atomic E-state index is 0.160. The van der Waals surface area contributed by atoms with Crippen molar-refractivity contribution in [3.8, 4) is 16.9 Å². The van der Waals surface area contributed by atoms with E-state index in [9.17, 15) is 9.90 Å². The van der Waals surface area contributed by atoms with Gasteiger partial charge in [-0.25, -0.2) is 4.79 Å². The van der Waals surface area contributed by atoms with E-state index < -0.39 is 5.63 Å². The largest absolute Gasteiger partial charge is 0.507 e. The fourth-order valence-corrected chi connectivity index (χ4v) is 4.08. The lowest BCUT2D eigenvalue weighted by Crippen LogP contribution is -3.14. The monoisotopic (exact) mass is 366 g/mol. The van der Waals surface area contributed by atoms with Gasteiger partial charge in [0.25, 0.3) is 0 Å². The molecule has 140 valence electrons. The molecule has 1 aliphatic rings. The van der Waals surface area contributed by atoms with E-state index in [1.54, 1.807) is 6.07 Å². The van der Waals surface area contributed by atoms with E-state index >= 15 is 0 Å². The summed E-state index contributed by atoms with van der Waals surface area (Å²) < 4.78 is 11.4. The molecule has 0 aliphatic carbocycles. The lowest BCUT2D eigenvalue weighted by atomic mass is 9.99. The van der Waals surface area contributed by atoms with Gasteiger partial charge in [-0.1, -0.05) is 30.3 Å². The van der Waals surface area contributed by atoms with Crippen molar-refractivity contribution >= 4 is 11.0 Å². The topological polar surface area (TPSA) is 64.1 Å². The van der Waals surface area contributed by atoms with Crippen LogP contribution in [0.25, 0.3) is 22.1 Å². The number of hydrogen-bond donors (Lipinski definition) is 2. The Morgan fingerprint density at radius 1 is 1.07 bits per heavy atom. The van der Waals surface area contributed by atoms with Gasteiger partial charge in [-0.05, 0) is 37.1 Å². The van der Waals surface area contributed by atoms with Crippen molar-refractivity contribution in [2.45, 2.75) is 32.6 Å². The highest BCUT2D eigenvalue weighted by atomic mass is 16.5. The number of hydrogen-bond acceptors (Lipinski definition) is 4. The van der Waals surface area contributed by atoms with Crippen molar-refractivity contribution in [3.63, 3.8) is 0 Å². The van der Waals surface area contributed by atoms with Gasteiger partial charge in [0, 0.05) is 11.5 Å². The van der Waals surface area contributed by atoms with Crippen LogP contribution in [0.5, 0.6) is 5.75 Å². The van der Waals surface area contributed by atoms with Crippen molar-refractivity contribution in [3.05, 3.63) is 64.5 Å². The average molecular weight is 366 g/mol. The number of rotatable bonds is 3. The summed E-state index contributed by atoms with van der Waals surface area (Å²) in [6.07, 6.45) is 0.320. The van der Waals surface area contributed by atoms with Crippen LogP contribution in [0, 0.1) is 0 Å². The third-order valence-corrected chi connectivity index (χ3v) is 5.12. The maximum absolute atomic E-state index is 12.3. The van der Waals surface area contributed by atoms with Gasteiger partial charge in [-0.15, -0.1) is 0 Å². The Morgan fingerprint density at radius 2 is 1.78 bits per heavy atom. The fourth-order valence-electron chi connectivity index (χ4n) is 4.08. The molecule has 1 aromatic heterocycles. The van der Waals surface area contributed by atoms with Gasteiger partial charge in [0.05, 0.1) is 5.56 Å². The third kappa shape index (κ3) is 3.61. The van der Waals surface area contributed by atoms with Crippen molar-refractivity contribution in [1.29, 1.82) is 0 Å². The van der Waals surface area contributed by atoms with Gasteiger partial charge in [-0.2, -0.15) is 0 Å². The maximum Gasteiger partial charge on any atom is 0.336 e. The standard InChI is InChI=1S/C22H23NO4/c1-14-11-23(12-15(2)26-14)13-19-20(24)9-8-17-18(10-21(25)27-22(17)19)16-6-4-3-5-7-16/h3-10,14-15,24H,11-13H2,1-2H3/p+1/t14-,15+. The van der Waals surface area contributed by atoms with Crippen molar-refractivity contribution in [2.75, 3.05) is 13.1 Å².